The molecule has 1 heterocycles. The molecule has 0 bridgehead atoms. The number of ether oxygens (including phenoxy) is 2. The monoisotopic (exact) mass is 367 g/mol. The van der Waals surface area contributed by atoms with E-state index in [1.54, 1.807) is 42.5 Å². The topological polar surface area (TPSA) is 116 Å². The first kappa shape index (κ1) is 18.0. The molecule has 8 nitrogen and oxygen atoms in total. The predicted molar refractivity (Wildman–Crippen MR) is 97.3 cm³/mol. The van der Waals surface area contributed by atoms with Crippen LogP contribution in [0.25, 0.3) is 11.0 Å². The highest BCUT2D eigenvalue weighted by Gasteiger charge is 2.13. The van der Waals surface area contributed by atoms with Gasteiger partial charge in [-0.15, -0.1) is 5.10 Å². The molecule has 0 aliphatic rings. The van der Waals surface area contributed by atoms with Gasteiger partial charge in [0.05, 0.1) is 14.2 Å². The second kappa shape index (κ2) is 7.61. The molecule has 0 saturated heterocycles. The van der Waals surface area contributed by atoms with E-state index in [0.717, 1.165) is 0 Å². The van der Waals surface area contributed by atoms with Gasteiger partial charge in [-0.1, -0.05) is 12.1 Å². The van der Waals surface area contributed by atoms with Gasteiger partial charge in [-0.25, -0.2) is 5.43 Å². The molecule has 8 heteroatoms. The Bertz CT molecular complexity index is 1070. The highest BCUT2D eigenvalue weighted by molar-refractivity contribution is 5.96. The summed E-state index contributed by atoms with van der Waals surface area (Å²) in [6, 6.07) is 13.2. The van der Waals surface area contributed by atoms with Gasteiger partial charge >= 0.3 is 0 Å². The van der Waals surface area contributed by atoms with E-state index in [4.69, 9.17) is 19.6 Å². The van der Waals surface area contributed by atoms with Gasteiger partial charge in [0.25, 0.3) is 11.8 Å². The summed E-state index contributed by atoms with van der Waals surface area (Å²) >= 11 is 0. The fraction of sp³-hybridized carbons (Fsp3) is 0.105. The smallest absolute Gasteiger partial charge is 0.271 e. The zero-order valence-electron chi connectivity index (χ0n) is 14.7. The fourth-order valence-corrected chi connectivity index (χ4v) is 2.45. The second-order valence-electron chi connectivity index (χ2n) is 5.49. The summed E-state index contributed by atoms with van der Waals surface area (Å²) in [6.45, 7) is 0. The van der Waals surface area contributed by atoms with E-state index >= 15 is 0 Å². The minimum atomic E-state index is -0.735. The van der Waals surface area contributed by atoms with E-state index in [-0.39, 0.29) is 11.1 Å². The maximum atomic E-state index is 12.3. The lowest BCUT2D eigenvalue weighted by molar-refractivity contribution is 0.0946. The summed E-state index contributed by atoms with van der Waals surface area (Å²) < 4.78 is 16.0. The van der Waals surface area contributed by atoms with Crippen LogP contribution in [0, 0.1) is 0 Å². The van der Waals surface area contributed by atoms with E-state index in [9.17, 15) is 9.59 Å². The Morgan fingerprint density at radius 2 is 1.81 bits per heavy atom. The average molecular weight is 367 g/mol. The fourth-order valence-electron chi connectivity index (χ4n) is 2.45. The van der Waals surface area contributed by atoms with Crippen LogP contribution in [0.15, 0.2) is 58.0 Å². The number of hydrogen-bond acceptors (Lipinski definition) is 6. The van der Waals surface area contributed by atoms with Crippen molar-refractivity contribution in [3.05, 3.63) is 65.2 Å². The second-order valence-corrected chi connectivity index (χ2v) is 5.49. The van der Waals surface area contributed by atoms with Crippen molar-refractivity contribution in [2.24, 2.45) is 10.8 Å². The lowest BCUT2D eigenvalue weighted by Gasteiger charge is -2.06. The molecule has 2 aromatic carbocycles. The highest BCUT2D eigenvalue weighted by Crippen LogP contribution is 2.24. The third kappa shape index (κ3) is 3.74. The van der Waals surface area contributed by atoms with Crippen LogP contribution in [-0.4, -0.2) is 26.0 Å². The number of methoxy groups -OCH3 is 2. The van der Waals surface area contributed by atoms with Crippen LogP contribution in [-0.2, 0) is 0 Å². The van der Waals surface area contributed by atoms with E-state index in [0.29, 0.717) is 28.0 Å². The molecule has 0 saturated carbocycles. The molecule has 0 fully saturated rings. The van der Waals surface area contributed by atoms with Crippen molar-refractivity contribution in [3.63, 3.8) is 0 Å². The number of fused-ring (bicyclic) bond motifs is 1. The Morgan fingerprint density at radius 3 is 2.44 bits per heavy atom. The Morgan fingerprint density at radius 1 is 1.07 bits per heavy atom. The van der Waals surface area contributed by atoms with Gasteiger partial charge in [0, 0.05) is 10.9 Å². The van der Waals surface area contributed by atoms with Crippen LogP contribution < -0.4 is 26.2 Å². The van der Waals surface area contributed by atoms with Gasteiger partial charge in [-0.3, -0.25) is 9.59 Å². The Hall–Kier alpha value is -3.81. The zero-order valence-corrected chi connectivity index (χ0v) is 14.7. The molecule has 0 unspecified atom stereocenters. The standard InChI is InChI=1S/C19H17N3O5/c1-25-13-8-6-11(7-9-13)18(24)21-22-19-14(17(20)23)10-12-4-3-5-15(26-2)16(12)27-19/h3-10H,1-2H3,(H2,20,23)(H,21,24). The van der Waals surface area contributed by atoms with Crippen molar-refractivity contribution < 1.29 is 23.5 Å². The summed E-state index contributed by atoms with van der Waals surface area (Å²) in [4.78, 5) is 24.0. The normalized spacial score (nSPS) is 11.3. The summed E-state index contributed by atoms with van der Waals surface area (Å²) in [5.74, 6) is -0.137. The molecule has 3 rings (SSSR count). The first-order valence-corrected chi connectivity index (χ1v) is 7.92. The van der Waals surface area contributed by atoms with E-state index in [1.165, 1.54) is 20.3 Å². The largest absolute Gasteiger partial charge is 0.497 e. The van der Waals surface area contributed by atoms with E-state index in [2.05, 4.69) is 10.5 Å². The molecular weight excluding hydrogens is 350 g/mol. The van der Waals surface area contributed by atoms with Gasteiger partial charge < -0.3 is 19.6 Å². The van der Waals surface area contributed by atoms with Crippen molar-refractivity contribution in [2.45, 2.75) is 0 Å². The molecule has 0 aliphatic heterocycles. The number of amides is 2. The van der Waals surface area contributed by atoms with Crippen LogP contribution in [0.2, 0.25) is 0 Å². The Kier molecular flexibility index (Phi) is 5.07. The summed E-state index contributed by atoms with van der Waals surface area (Å²) in [6.07, 6.45) is 0. The van der Waals surface area contributed by atoms with Crippen LogP contribution in [0.3, 0.4) is 0 Å². The SMILES string of the molecule is COc1ccc(C(=O)NN=c2oc3c(OC)cccc3cc2C(N)=O)cc1. The van der Waals surface area contributed by atoms with Crippen molar-refractivity contribution in [1.82, 2.24) is 5.43 Å². The molecule has 2 amide bonds. The van der Waals surface area contributed by atoms with E-state index < -0.39 is 11.8 Å². The number of carbonyl (C=O) groups is 2. The number of nitrogens with two attached hydrogens (primary N) is 1. The molecule has 0 aliphatic carbocycles. The first-order valence-electron chi connectivity index (χ1n) is 7.92. The molecule has 0 spiro atoms. The molecule has 1 aromatic heterocycles. The summed E-state index contributed by atoms with van der Waals surface area (Å²) in [5, 5.41) is 4.53. The van der Waals surface area contributed by atoms with Crippen LogP contribution in [0.4, 0.5) is 0 Å². The number of nitrogens with zero attached hydrogens (tertiary/aromatic N) is 1. The minimum Gasteiger partial charge on any atom is -0.497 e. The Labute approximate surface area is 154 Å². The number of nitrogens with one attached hydrogen (secondary N) is 1. The number of para-hydroxylation sites is 1. The first-order chi connectivity index (χ1) is 13.0. The van der Waals surface area contributed by atoms with Gasteiger partial charge in [-0.2, -0.15) is 0 Å². The summed E-state index contributed by atoms with van der Waals surface area (Å²) in [7, 11) is 3.03. The molecule has 3 aromatic rings. The molecule has 0 atom stereocenters. The van der Waals surface area contributed by atoms with Gasteiger partial charge in [0.1, 0.15) is 11.3 Å². The zero-order chi connectivity index (χ0) is 19.4. The number of hydrogen-bond donors (Lipinski definition) is 2. The predicted octanol–water partition coefficient (Wildman–Crippen LogP) is 1.79. The number of benzene rings is 2. The maximum absolute atomic E-state index is 12.3. The van der Waals surface area contributed by atoms with Crippen LogP contribution in [0.1, 0.15) is 20.7 Å². The molecule has 3 N–H and O–H groups in total. The summed E-state index contributed by atoms with van der Waals surface area (Å²) in [5.41, 5.74) is 8.41. The average Bonchev–Trinajstić information content (AvgIpc) is 2.70. The van der Waals surface area contributed by atoms with Crippen LogP contribution in [0.5, 0.6) is 11.5 Å². The minimum absolute atomic E-state index is 0.0331. The quantitative estimate of drug-likeness (QED) is 0.667. The third-order valence-corrected chi connectivity index (χ3v) is 3.83. The number of primary amides is 1. The molecular formula is C19H17N3O5. The third-order valence-electron chi connectivity index (χ3n) is 3.83. The van der Waals surface area contributed by atoms with Crippen molar-refractivity contribution in [1.29, 1.82) is 0 Å². The van der Waals surface area contributed by atoms with Crippen molar-refractivity contribution >= 4 is 22.8 Å². The highest BCUT2D eigenvalue weighted by atomic mass is 16.5. The number of rotatable bonds is 5. The number of carbonyl (C=O) groups excluding carboxylic acids is 2. The van der Waals surface area contributed by atoms with Crippen LogP contribution >= 0.6 is 0 Å². The lowest BCUT2D eigenvalue weighted by Crippen LogP contribution is -2.27. The lowest BCUT2D eigenvalue weighted by atomic mass is 10.1. The maximum Gasteiger partial charge on any atom is 0.271 e. The van der Waals surface area contributed by atoms with Gasteiger partial charge in [-0.05, 0) is 36.4 Å². The Balaban J connectivity index is 2.01. The van der Waals surface area contributed by atoms with Gasteiger partial charge in [0.15, 0.2) is 11.3 Å². The van der Waals surface area contributed by atoms with Crippen molar-refractivity contribution in [2.75, 3.05) is 14.2 Å². The molecule has 0 radical (unpaired) electrons. The van der Waals surface area contributed by atoms with Gasteiger partial charge in [0.2, 0.25) is 5.55 Å². The molecule has 138 valence electrons. The van der Waals surface area contributed by atoms with Crippen molar-refractivity contribution in [3.8, 4) is 11.5 Å². The molecule has 27 heavy (non-hydrogen) atoms. The van der Waals surface area contributed by atoms with E-state index in [1.807, 2.05) is 0 Å².